The number of halogens is 3. The number of nitrogens with zero attached hydrogens (tertiary/aromatic N) is 2. The van der Waals surface area contributed by atoms with Crippen LogP contribution < -0.4 is 10.9 Å². The van der Waals surface area contributed by atoms with Crippen LogP contribution in [0.4, 0.5) is 13.2 Å². The van der Waals surface area contributed by atoms with Gasteiger partial charge in [-0.3, -0.25) is 9.59 Å². The molecule has 30 heavy (non-hydrogen) atoms. The Labute approximate surface area is 169 Å². The van der Waals surface area contributed by atoms with Crippen molar-refractivity contribution in [2.75, 3.05) is 0 Å². The van der Waals surface area contributed by atoms with Crippen LogP contribution in [0.1, 0.15) is 51.9 Å². The molecule has 0 spiro atoms. The molecule has 3 aromatic rings. The summed E-state index contributed by atoms with van der Waals surface area (Å²) in [7, 11) is 0. The minimum Gasteiger partial charge on any atom is -0.344 e. The van der Waals surface area contributed by atoms with Gasteiger partial charge in [0.25, 0.3) is 11.5 Å². The van der Waals surface area contributed by atoms with Crippen LogP contribution in [0.15, 0.2) is 47.3 Å². The van der Waals surface area contributed by atoms with E-state index in [0.29, 0.717) is 18.5 Å². The molecular formula is C21H19F3N4O2. The number of hydrogen-bond donors (Lipinski definition) is 2. The number of carbonyl (C=O) groups excluding carboxylic acids is 1. The zero-order valence-corrected chi connectivity index (χ0v) is 16.1. The molecule has 1 amide bonds. The predicted octanol–water partition coefficient (Wildman–Crippen LogP) is 3.70. The first-order chi connectivity index (χ1) is 14.2. The first kappa shape index (κ1) is 19.9. The van der Waals surface area contributed by atoms with Crippen LogP contribution in [-0.2, 0) is 12.6 Å². The van der Waals surface area contributed by atoms with Crippen molar-refractivity contribution in [3.05, 3.63) is 81.0 Å². The molecule has 2 N–H and O–H groups in total. The van der Waals surface area contributed by atoms with Crippen molar-refractivity contribution in [1.29, 1.82) is 0 Å². The van der Waals surface area contributed by atoms with Crippen molar-refractivity contribution in [3.8, 4) is 5.69 Å². The number of aromatic nitrogens is 3. The van der Waals surface area contributed by atoms with Crippen molar-refractivity contribution in [2.45, 2.75) is 38.4 Å². The van der Waals surface area contributed by atoms with Gasteiger partial charge >= 0.3 is 6.18 Å². The lowest BCUT2D eigenvalue weighted by atomic mass is 9.92. The van der Waals surface area contributed by atoms with Crippen molar-refractivity contribution in [3.63, 3.8) is 0 Å². The number of nitrogens with one attached hydrogen (secondary N) is 2. The molecule has 0 bridgehead atoms. The molecule has 1 atom stereocenters. The van der Waals surface area contributed by atoms with Gasteiger partial charge in [-0.1, -0.05) is 6.07 Å². The van der Waals surface area contributed by atoms with Crippen molar-refractivity contribution in [2.24, 2.45) is 0 Å². The Hall–Kier alpha value is -3.36. The number of aryl methyl sites for hydroxylation is 1. The van der Waals surface area contributed by atoms with Gasteiger partial charge in [-0.05, 0) is 62.1 Å². The zero-order chi connectivity index (χ0) is 21.5. The number of H-pyrrole nitrogens is 1. The van der Waals surface area contributed by atoms with E-state index in [-0.39, 0.29) is 11.7 Å². The maximum absolute atomic E-state index is 13.2. The highest BCUT2D eigenvalue weighted by atomic mass is 19.4. The SMILES string of the molecule is Cc1cc2c(n1-c1cccc(C(F)(F)F)c1)CCCC2NC(=O)c1ccc(=O)[nH]n1. The number of benzene rings is 1. The average Bonchev–Trinajstić information content (AvgIpc) is 3.05. The van der Waals surface area contributed by atoms with Crippen LogP contribution in [0.5, 0.6) is 0 Å². The van der Waals surface area contributed by atoms with E-state index in [4.69, 9.17) is 0 Å². The van der Waals surface area contributed by atoms with Gasteiger partial charge in [-0.25, -0.2) is 5.10 Å². The largest absolute Gasteiger partial charge is 0.416 e. The first-order valence-corrected chi connectivity index (χ1v) is 9.49. The van der Waals surface area contributed by atoms with Crippen LogP contribution in [0, 0.1) is 6.92 Å². The number of amides is 1. The Morgan fingerprint density at radius 2 is 2.03 bits per heavy atom. The molecule has 9 heteroatoms. The van der Waals surface area contributed by atoms with Gasteiger partial charge in [0, 0.05) is 23.1 Å². The minimum atomic E-state index is -4.42. The Morgan fingerprint density at radius 3 is 2.73 bits per heavy atom. The van der Waals surface area contributed by atoms with E-state index in [1.165, 1.54) is 18.2 Å². The maximum atomic E-state index is 13.2. The van der Waals surface area contributed by atoms with Gasteiger partial charge in [-0.2, -0.15) is 18.3 Å². The lowest BCUT2D eigenvalue weighted by molar-refractivity contribution is -0.137. The molecule has 0 radical (unpaired) electrons. The molecule has 2 heterocycles. The Kier molecular flexibility index (Phi) is 4.97. The van der Waals surface area contributed by atoms with Gasteiger partial charge in [0.05, 0.1) is 11.6 Å². The summed E-state index contributed by atoms with van der Waals surface area (Å²) in [6.07, 6.45) is -2.24. The smallest absolute Gasteiger partial charge is 0.344 e. The van der Waals surface area contributed by atoms with Gasteiger partial charge in [-0.15, -0.1) is 0 Å². The van der Waals surface area contributed by atoms with Crippen LogP contribution in [-0.4, -0.2) is 20.7 Å². The highest BCUT2D eigenvalue weighted by Gasteiger charge is 2.32. The Balaban J connectivity index is 1.67. The summed E-state index contributed by atoms with van der Waals surface area (Å²) in [6.45, 7) is 1.83. The third kappa shape index (κ3) is 3.74. The van der Waals surface area contributed by atoms with Gasteiger partial charge < -0.3 is 9.88 Å². The summed E-state index contributed by atoms with van der Waals surface area (Å²) in [4.78, 5) is 23.7. The van der Waals surface area contributed by atoms with Crippen molar-refractivity contribution >= 4 is 5.91 Å². The van der Waals surface area contributed by atoms with Crippen molar-refractivity contribution in [1.82, 2.24) is 20.1 Å². The third-order valence-corrected chi connectivity index (χ3v) is 5.25. The second-order valence-electron chi connectivity index (χ2n) is 7.30. The van der Waals surface area contributed by atoms with E-state index in [0.717, 1.165) is 35.5 Å². The van der Waals surface area contributed by atoms with E-state index in [1.54, 1.807) is 6.07 Å². The summed E-state index contributed by atoms with van der Waals surface area (Å²) in [5.74, 6) is -0.423. The summed E-state index contributed by atoms with van der Waals surface area (Å²) in [5, 5.41) is 8.89. The molecule has 6 nitrogen and oxygen atoms in total. The number of aromatic amines is 1. The lowest BCUT2D eigenvalue weighted by Crippen LogP contribution is -2.32. The highest BCUT2D eigenvalue weighted by molar-refractivity contribution is 5.92. The monoisotopic (exact) mass is 416 g/mol. The fourth-order valence-corrected chi connectivity index (χ4v) is 3.94. The lowest BCUT2D eigenvalue weighted by Gasteiger charge is -2.25. The number of hydrogen-bond acceptors (Lipinski definition) is 3. The van der Waals surface area contributed by atoms with Crippen LogP contribution in [0.25, 0.3) is 5.69 Å². The first-order valence-electron chi connectivity index (χ1n) is 9.49. The molecule has 156 valence electrons. The number of carbonyl (C=O) groups is 1. The molecule has 2 aromatic heterocycles. The van der Waals surface area contributed by atoms with E-state index >= 15 is 0 Å². The summed E-state index contributed by atoms with van der Waals surface area (Å²) >= 11 is 0. The van der Waals surface area contributed by atoms with E-state index < -0.39 is 23.2 Å². The summed E-state index contributed by atoms with van der Waals surface area (Å²) in [5.41, 5.74) is 2.00. The average molecular weight is 416 g/mol. The van der Waals surface area contributed by atoms with Gasteiger partial charge in [0.2, 0.25) is 0 Å². The molecular weight excluding hydrogens is 397 g/mol. The number of alkyl halides is 3. The van der Waals surface area contributed by atoms with Crippen LogP contribution in [0.3, 0.4) is 0 Å². The second kappa shape index (κ2) is 7.47. The topological polar surface area (TPSA) is 79.8 Å². The van der Waals surface area contributed by atoms with Crippen LogP contribution in [0.2, 0.25) is 0 Å². The standard InChI is InChI=1S/C21H19F3N4O2/c1-12-10-15-16(25-20(30)17-8-9-19(29)27-26-17)6-3-7-18(15)28(12)14-5-2-4-13(11-14)21(22,23)24/h2,4-5,8-11,16H,3,6-7H2,1H3,(H,25,30)(H,27,29). The van der Waals surface area contributed by atoms with Gasteiger partial charge in [0.1, 0.15) is 5.69 Å². The molecule has 4 rings (SSSR count). The fraction of sp³-hybridized carbons (Fsp3) is 0.286. The van der Waals surface area contributed by atoms with E-state index in [2.05, 4.69) is 15.5 Å². The normalized spacial score (nSPS) is 16.2. The van der Waals surface area contributed by atoms with Crippen molar-refractivity contribution < 1.29 is 18.0 Å². The molecule has 0 saturated carbocycles. The number of fused-ring (bicyclic) bond motifs is 1. The highest BCUT2D eigenvalue weighted by Crippen LogP contribution is 2.36. The second-order valence-corrected chi connectivity index (χ2v) is 7.30. The summed E-state index contributed by atoms with van der Waals surface area (Å²) in [6, 6.07) is 9.41. The van der Waals surface area contributed by atoms with E-state index in [9.17, 15) is 22.8 Å². The Morgan fingerprint density at radius 1 is 1.23 bits per heavy atom. The summed E-state index contributed by atoms with van der Waals surface area (Å²) < 4.78 is 41.3. The molecule has 0 fully saturated rings. The molecule has 1 aliphatic rings. The molecule has 0 aliphatic heterocycles. The van der Waals surface area contributed by atoms with E-state index in [1.807, 2.05) is 17.6 Å². The third-order valence-electron chi connectivity index (χ3n) is 5.25. The molecule has 1 unspecified atom stereocenters. The minimum absolute atomic E-state index is 0.0933. The quantitative estimate of drug-likeness (QED) is 0.683. The van der Waals surface area contributed by atoms with Gasteiger partial charge in [0.15, 0.2) is 0 Å². The number of rotatable bonds is 3. The Bertz CT molecular complexity index is 1140. The molecule has 1 aromatic carbocycles. The predicted molar refractivity (Wildman–Crippen MR) is 104 cm³/mol. The maximum Gasteiger partial charge on any atom is 0.416 e. The molecule has 0 saturated heterocycles. The molecule has 1 aliphatic carbocycles. The zero-order valence-electron chi connectivity index (χ0n) is 16.1. The fourth-order valence-electron chi connectivity index (χ4n) is 3.94. The van der Waals surface area contributed by atoms with Crippen LogP contribution >= 0.6 is 0 Å².